The number of esters is 1. The Hall–Kier alpha value is -1.32. The third-order valence-corrected chi connectivity index (χ3v) is 10.8. The average molecular weight is 523 g/mol. The van der Waals surface area contributed by atoms with E-state index >= 15 is 0 Å². The van der Waals surface area contributed by atoms with Crippen molar-refractivity contribution in [2.75, 3.05) is 0 Å². The number of ketones is 1. The van der Waals surface area contributed by atoms with E-state index in [1.807, 2.05) is 13.8 Å². The van der Waals surface area contributed by atoms with Crippen molar-refractivity contribution in [3.05, 3.63) is 11.6 Å². The molecule has 0 aromatic carbocycles. The quantitative estimate of drug-likeness (QED) is 0.335. The first-order valence-electron chi connectivity index (χ1n) is 13.8. The van der Waals surface area contributed by atoms with Crippen molar-refractivity contribution >= 4 is 11.8 Å². The van der Waals surface area contributed by atoms with Gasteiger partial charge in [0.2, 0.25) is 0 Å². The van der Waals surface area contributed by atoms with Gasteiger partial charge in [0, 0.05) is 18.3 Å². The highest BCUT2D eigenvalue weighted by atomic mass is 16.6. The van der Waals surface area contributed by atoms with Crippen molar-refractivity contribution < 1.29 is 39.9 Å². The predicted octanol–water partition coefficient (Wildman–Crippen LogP) is 2.42. The maximum atomic E-state index is 13.4. The third-order valence-electron chi connectivity index (χ3n) is 10.8. The molecular formula is C29H46O8. The number of hydrogen-bond acceptors (Lipinski definition) is 8. The minimum atomic E-state index is -1.47. The summed E-state index contributed by atoms with van der Waals surface area (Å²) in [4.78, 5) is 25.3. The number of carbonyl (C=O) groups is 2. The van der Waals surface area contributed by atoms with E-state index in [2.05, 4.69) is 0 Å². The number of fused-ring (bicyclic) bond motifs is 5. The molecule has 37 heavy (non-hydrogen) atoms. The fourth-order valence-electron chi connectivity index (χ4n) is 8.69. The Morgan fingerprint density at radius 3 is 2.35 bits per heavy atom. The highest BCUT2D eigenvalue weighted by Crippen LogP contribution is 2.68. The molecule has 0 heterocycles. The molecule has 4 aliphatic rings. The van der Waals surface area contributed by atoms with Crippen molar-refractivity contribution in [3.63, 3.8) is 0 Å². The van der Waals surface area contributed by atoms with Gasteiger partial charge in [0.1, 0.15) is 11.7 Å². The number of aliphatic hydroxyl groups is 5. The summed E-state index contributed by atoms with van der Waals surface area (Å²) in [5, 5.41) is 55.4. The number of ether oxygens (including phenoxy) is 1. The molecule has 8 heteroatoms. The van der Waals surface area contributed by atoms with Gasteiger partial charge in [-0.15, -0.1) is 0 Å². The molecule has 0 aliphatic heterocycles. The van der Waals surface area contributed by atoms with Crippen LogP contribution >= 0.6 is 0 Å². The lowest BCUT2D eigenvalue weighted by Crippen LogP contribution is -2.63. The maximum absolute atomic E-state index is 13.4. The van der Waals surface area contributed by atoms with Gasteiger partial charge in [-0.3, -0.25) is 9.59 Å². The summed E-state index contributed by atoms with van der Waals surface area (Å²) in [5.74, 6) is -1.56. The van der Waals surface area contributed by atoms with Gasteiger partial charge in [-0.2, -0.15) is 0 Å². The SMILES string of the molecule is CC(=O)O[C@H](CCC(C)(C)O)[C@](C)(O)[C@H]1CC[C@@]2(O)C3=CC(=O)[C@@H]4C[C@@H](O)[C@@H](O)C[C@]4(C)[C@H]3CC[C@]12C. The van der Waals surface area contributed by atoms with Crippen LogP contribution in [0, 0.1) is 28.6 Å². The van der Waals surface area contributed by atoms with Crippen LogP contribution in [0.15, 0.2) is 11.6 Å². The summed E-state index contributed by atoms with van der Waals surface area (Å²) >= 11 is 0. The lowest BCUT2D eigenvalue weighted by atomic mass is 9.45. The van der Waals surface area contributed by atoms with Crippen LogP contribution in [0.2, 0.25) is 0 Å². The Bertz CT molecular complexity index is 965. The van der Waals surface area contributed by atoms with E-state index in [9.17, 15) is 35.1 Å². The first-order valence-corrected chi connectivity index (χ1v) is 13.8. The summed E-state index contributed by atoms with van der Waals surface area (Å²) in [5.41, 5.74) is -4.45. The molecular weight excluding hydrogens is 476 g/mol. The summed E-state index contributed by atoms with van der Waals surface area (Å²) < 4.78 is 5.61. The van der Waals surface area contributed by atoms with Crippen LogP contribution in [-0.4, -0.2) is 72.4 Å². The molecule has 0 unspecified atom stereocenters. The Balaban J connectivity index is 1.69. The highest BCUT2D eigenvalue weighted by molar-refractivity contribution is 5.95. The number of aliphatic hydroxyl groups excluding tert-OH is 2. The number of hydrogen-bond donors (Lipinski definition) is 5. The zero-order valence-electron chi connectivity index (χ0n) is 23.2. The molecule has 8 nitrogen and oxygen atoms in total. The molecule has 0 bridgehead atoms. The molecule has 0 amide bonds. The molecule has 0 saturated heterocycles. The standard InChI is InChI=1S/C29H46O8/c1-16(30)37-24(9-10-25(2,3)34)28(6,35)23-8-12-29(36)18-13-20(31)19-14-21(32)22(33)15-26(19,4)17(18)7-11-27(23,29)5/h13,17,19,21-24,32-36H,7-12,14-15H2,1-6H3/t17-,19-,21+,22-,23-,24+,26+,27+,28+,29+/m0/s1. The monoisotopic (exact) mass is 522 g/mol. The molecule has 4 rings (SSSR count). The third kappa shape index (κ3) is 4.50. The summed E-state index contributed by atoms with van der Waals surface area (Å²) in [6.45, 7) is 10.3. The van der Waals surface area contributed by atoms with Gasteiger partial charge in [0.15, 0.2) is 5.78 Å². The van der Waals surface area contributed by atoms with Gasteiger partial charge in [-0.1, -0.05) is 13.8 Å². The average Bonchev–Trinajstić information content (AvgIpc) is 3.04. The molecule has 4 aliphatic carbocycles. The Morgan fingerprint density at radius 1 is 1.11 bits per heavy atom. The topological polar surface area (TPSA) is 145 Å². The van der Waals surface area contributed by atoms with Gasteiger partial charge in [-0.25, -0.2) is 0 Å². The molecule has 3 saturated carbocycles. The molecule has 0 aromatic heterocycles. The fourth-order valence-corrected chi connectivity index (χ4v) is 8.69. The van der Waals surface area contributed by atoms with Gasteiger partial charge in [0.05, 0.1) is 23.4 Å². The zero-order valence-corrected chi connectivity index (χ0v) is 23.2. The van der Waals surface area contributed by atoms with Crippen LogP contribution in [0.1, 0.15) is 92.9 Å². The second-order valence-corrected chi connectivity index (χ2v) is 13.8. The first kappa shape index (κ1) is 28.7. The van der Waals surface area contributed by atoms with Gasteiger partial charge >= 0.3 is 5.97 Å². The Labute approximate surface area is 220 Å². The summed E-state index contributed by atoms with van der Waals surface area (Å²) in [6.07, 6.45) is 2.13. The van der Waals surface area contributed by atoms with E-state index < -0.39 is 63.8 Å². The van der Waals surface area contributed by atoms with Crippen molar-refractivity contribution in [3.8, 4) is 0 Å². The van der Waals surface area contributed by atoms with Crippen molar-refractivity contribution in [1.82, 2.24) is 0 Å². The molecule has 10 atom stereocenters. The second kappa shape index (κ2) is 9.12. The van der Waals surface area contributed by atoms with Gasteiger partial charge in [0.25, 0.3) is 0 Å². The highest BCUT2D eigenvalue weighted by Gasteiger charge is 2.69. The largest absolute Gasteiger partial charge is 0.459 e. The molecule has 0 spiro atoms. The van der Waals surface area contributed by atoms with Crippen LogP contribution < -0.4 is 0 Å². The number of carbonyl (C=O) groups excluding carboxylic acids is 2. The minimum absolute atomic E-state index is 0.112. The van der Waals surface area contributed by atoms with Gasteiger partial charge in [-0.05, 0) is 101 Å². The summed E-state index contributed by atoms with van der Waals surface area (Å²) in [6, 6.07) is 0. The van der Waals surface area contributed by atoms with Gasteiger partial charge < -0.3 is 30.3 Å². The van der Waals surface area contributed by atoms with Crippen molar-refractivity contribution in [1.29, 1.82) is 0 Å². The van der Waals surface area contributed by atoms with E-state index in [-0.39, 0.29) is 24.5 Å². The lowest BCUT2D eigenvalue weighted by Gasteiger charge is -2.60. The second-order valence-electron chi connectivity index (χ2n) is 13.8. The smallest absolute Gasteiger partial charge is 0.303 e. The molecule has 3 fully saturated rings. The first-order chi connectivity index (χ1) is 16.9. The zero-order chi connectivity index (χ0) is 27.8. The van der Waals surface area contributed by atoms with E-state index in [0.29, 0.717) is 44.1 Å². The van der Waals surface area contributed by atoms with Crippen molar-refractivity contribution in [2.45, 2.75) is 128 Å². The van der Waals surface area contributed by atoms with E-state index in [4.69, 9.17) is 4.74 Å². The molecule has 5 N–H and O–H groups in total. The Morgan fingerprint density at radius 2 is 1.76 bits per heavy atom. The lowest BCUT2D eigenvalue weighted by molar-refractivity contribution is -0.192. The normalized spacial score (nSPS) is 44.1. The summed E-state index contributed by atoms with van der Waals surface area (Å²) in [7, 11) is 0. The van der Waals surface area contributed by atoms with E-state index in [1.54, 1.807) is 26.8 Å². The molecule has 0 radical (unpaired) electrons. The molecule has 0 aromatic rings. The predicted molar refractivity (Wildman–Crippen MR) is 136 cm³/mol. The van der Waals surface area contributed by atoms with Crippen LogP contribution in [-0.2, 0) is 14.3 Å². The minimum Gasteiger partial charge on any atom is -0.459 e. The Kier molecular flexibility index (Phi) is 7.07. The van der Waals surface area contributed by atoms with Crippen LogP contribution in [0.5, 0.6) is 0 Å². The fraction of sp³-hybridized carbons (Fsp3) is 0.862. The van der Waals surface area contributed by atoms with Crippen LogP contribution in [0.4, 0.5) is 0 Å². The number of rotatable bonds is 6. The van der Waals surface area contributed by atoms with Crippen LogP contribution in [0.25, 0.3) is 0 Å². The number of allylic oxidation sites excluding steroid dienone is 1. The molecule has 210 valence electrons. The van der Waals surface area contributed by atoms with Crippen LogP contribution in [0.3, 0.4) is 0 Å². The van der Waals surface area contributed by atoms with E-state index in [0.717, 1.165) is 0 Å². The van der Waals surface area contributed by atoms with Crippen molar-refractivity contribution in [2.24, 2.45) is 28.6 Å². The maximum Gasteiger partial charge on any atom is 0.303 e. The van der Waals surface area contributed by atoms with E-state index in [1.165, 1.54) is 6.92 Å².